The Labute approximate surface area is 257 Å². The summed E-state index contributed by atoms with van der Waals surface area (Å²) in [7, 11) is 0. The number of anilines is 3. The summed E-state index contributed by atoms with van der Waals surface area (Å²) in [6.45, 7) is 5.46. The number of carbonyl (C=O) groups is 1. The maximum absolute atomic E-state index is 13.2. The molecule has 2 aromatic heterocycles. The summed E-state index contributed by atoms with van der Waals surface area (Å²) in [6.07, 6.45) is 7.84. The molecule has 3 saturated heterocycles. The third-order valence-electron chi connectivity index (χ3n) is 9.45. The van der Waals surface area contributed by atoms with Crippen molar-refractivity contribution in [1.29, 1.82) is 0 Å². The normalized spacial score (nSPS) is 19.7. The fourth-order valence-corrected chi connectivity index (χ4v) is 7.03. The third-order valence-corrected chi connectivity index (χ3v) is 9.70. The molecule has 0 atom stereocenters. The molecular weight excluding hydrogens is 562 g/mol. The minimum absolute atomic E-state index is 0.103. The van der Waals surface area contributed by atoms with Crippen molar-refractivity contribution in [3.63, 3.8) is 0 Å². The quantitative estimate of drug-likeness (QED) is 0.310. The molecule has 3 aliphatic heterocycles. The van der Waals surface area contributed by atoms with Crippen LogP contribution in [0.1, 0.15) is 54.4 Å². The van der Waals surface area contributed by atoms with Gasteiger partial charge in [0.1, 0.15) is 0 Å². The Balaban J connectivity index is 0.987. The summed E-state index contributed by atoms with van der Waals surface area (Å²) in [6, 6.07) is 19.7. The molecule has 9 nitrogen and oxygen atoms in total. The number of nitrogens with one attached hydrogen (secondary N) is 1. The summed E-state index contributed by atoms with van der Waals surface area (Å²) < 4.78 is 1.78. The first-order valence-electron chi connectivity index (χ1n) is 15.4. The largest absolute Gasteiger partial charge is 0.385 e. The number of nitrogens with zero attached hydrogens (tertiary/aromatic N) is 6. The maximum atomic E-state index is 13.2. The zero-order valence-corrected chi connectivity index (χ0v) is 25.1. The van der Waals surface area contributed by atoms with Gasteiger partial charge in [-0.15, -0.1) is 5.10 Å². The van der Waals surface area contributed by atoms with Crippen molar-refractivity contribution < 1.29 is 9.90 Å². The van der Waals surface area contributed by atoms with Crippen molar-refractivity contribution in [1.82, 2.24) is 24.4 Å². The van der Waals surface area contributed by atoms with Crippen molar-refractivity contribution in [2.24, 2.45) is 0 Å². The Morgan fingerprint density at radius 1 is 0.907 bits per heavy atom. The molecule has 43 heavy (non-hydrogen) atoms. The van der Waals surface area contributed by atoms with E-state index in [-0.39, 0.29) is 5.91 Å². The summed E-state index contributed by atoms with van der Waals surface area (Å²) in [5, 5.41) is 19.9. The molecule has 0 spiro atoms. The number of hydrogen-bond acceptors (Lipinski definition) is 7. The standard InChI is InChI=1S/C33H38ClN7O2/c34-26-9-7-25(8-10-26)33(43)15-22-39(23-16-33)29-4-3-19-41-30(29)36-32(37-41)35-27-11-5-24(6-12-27)31(42)40-20-13-28(14-21-40)38-17-1-2-18-38/h3-12,19,28,43H,1-2,13-18,20-23H2,(H,35,37). The number of fused-ring (bicyclic) bond motifs is 1. The molecule has 10 heteroatoms. The topological polar surface area (TPSA) is 89.2 Å². The number of aromatic nitrogens is 3. The number of rotatable bonds is 6. The maximum Gasteiger partial charge on any atom is 0.253 e. The fraction of sp³-hybridized carbons (Fsp3) is 0.424. The van der Waals surface area contributed by atoms with Gasteiger partial charge in [0.25, 0.3) is 5.91 Å². The Hall–Kier alpha value is -3.66. The smallest absolute Gasteiger partial charge is 0.253 e. The highest BCUT2D eigenvalue weighted by atomic mass is 35.5. The van der Waals surface area contributed by atoms with Crippen LogP contribution in [-0.4, -0.2) is 80.7 Å². The van der Waals surface area contributed by atoms with Gasteiger partial charge in [0, 0.05) is 54.7 Å². The van der Waals surface area contributed by atoms with Gasteiger partial charge in [0.2, 0.25) is 5.95 Å². The molecule has 7 rings (SSSR count). The van der Waals surface area contributed by atoms with E-state index in [1.54, 1.807) is 4.52 Å². The number of likely N-dealkylation sites (tertiary alicyclic amines) is 2. The third kappa shape index (κ3) is 5.81. The van der Waals surface area contributed by atoms with Crippen LogP contribution >= 0.6 is 11.6 Å². The van der Waals surface area contributed by atoms with Gasteiger partial charge < -0.3 is 25.1 Å². The Kier molecular flexibility index (Phi) is 7.71. The second-order valence-corrected chi connectivity index (χ2v) is 12.5. The lowest BCUT2D eigenvalue weighted by Crippen LogP contribution is -2.45. The average Bonchev–Trinajstić information content (AvgIpc) is 3.72. The predicted octanol–water partition coefficient (Wildman–Crippen LogP) is 5.31. The van der Waals surface area contributed by atoms with Gasteiger partial charge in [-0.05, 0) is 106 Å². The highest BCUT2D eigenvalue weighted by Crippen LogP contribution is 2.36. The molecule has 1 amide bonds. The number of hydrogen-bond donors (Lipinski definition) is 2. The molecule has 2 N–H and O–H groups in total. The molecule has 3 fully saturated rings. The number of aliphatic hydroxyl groups is 1. The van der Waals surface area contributed by atoms with Crippen LogP contribution in [0.15, 0.2) is 66.9 Å². The molecule has 224 valence electrons. The van der Waals surface area contributed by atoms with E-state index >= 15 is 0 Å². The second-order valence-electron chi connectivity index (χ2n) is 12.1. The monoisotopic (exact) mass is 599 g/mol. The first kappa shape index (κ1) is 28.1. The predicted molar refractivity (Wildman–Crippen MR) is 169 cm³/mol. The highest BCUT2D eigenvalue weighted by Gasteiger charge is 2.35. The average molecular weight is 600 g/mol. The van der Waals surface area contributed by atoms with Crippen molar-refractivity contribution in [3.8, 4) is 0 Å². The zero-order chi connectivity index (χ0) is 29.4. The molecule has 4 aromatic rings. The summed E-state index contributed by atoms with van der Waals surface area (Å²) in [5.41, 5.74) is 3.30. The molecule has 0 saturated carbocycles. The van der Waals surface area contributed by atoms with Crippen LogP contribution in [0, 0.1) is 0 Å². The Bertz CT molecular complexity index is 1570. The van der Waals surface area contributed by atoms with Crippen molar-refractivity contribution in [3.05, 3.63) is 83.0 Å². The van der Waals surface area contributed by atoms with E-state index in [9.17, 15) is 9.90 Å². The highest BCUT2D eigenvalue weighted by molar-refractivity contribution is 6.30. The number of amides is 1. The van der Waals surface area contributed by atoms with E-state index in [0.717, 1.165) is 48.5 Å². The Morgan fingerprint density at radius 3 is 2.30 bits per heavy atom. The lowest BCUT2D eigenvalue weighted by Gasteiger charge is -2.39. The van der Waals surface area contributed by atoms with Gasteiger partial charge in [-0.2, -0.15) is 4.98 Å². The van der Waals surface area contributed by atoms with Gasteiger partial charge in [-0.1, -0.05) is 23.7 Å². The molecule has 0 radical (unpaired) electrons. The van der Waals surface area contributed by atoms with Crippen molar-refractivity contribution >= 4 is 40.5 Å². The number of pyridine rings is 1. The van der Waals surface area contributed by atoms with E-state index in [1.807, 2.05) is 65.7 Å². The number of carbonyl (C=O) groups excluding carboxylic acids is 1. The van der Waals surface area contributed by atoms with Crippen LogP contribution in [0.2, 0.25) is 5.02 Å². The van der Waals surface area contributed by atoms with Crippen LogP contribution in [0.25, 0.3) is 5.65 Å². The first-order valence-corrected chi connectivity index (χ1v) is 15.8. The van der Waals surface area contributed by atoms with Gasteiger partial charge in [0.05, 0.1) is 11.3 Å². The molecular formula is C33H38ClN7O2. The molecule has 5 heterocycles. The molecule has 2 aromatic carbocycles. The van der Waals surface area contributed by atoms with Crippen LogP contribution < -0.4 is 10.2 Å². The number of piperidine rings is 2. The van der Waals surface area contributed by atoms with Crippen molar-refractivity contribution in [2.45, 2.75) is 50.2 Å². The number of benzene rings is 2. The van der Waals surface area contributed by atoms with Gasteiger partial charge in [0.15, 0.2) is 5.65 Å². The zero-order valence-electron chi connectivity index (χ0n) is 24.3. The molecule has 0 aliphatic carbocycles. The van der Waals surface area contributed by atoms with Gasteiger partial charge in [-0.25, -0.2) is 4.52 Å². The summed E-state index contributed by atoms with van der Waals surface area (Å²) in [4.78, 5) is 24.8. The molecule has 0 unspecified atom stereocenters. The Morgan fingerprint density at radius 2 is 1.60 bits per heavy atom. The van der Waals surface area contributed by atoms with Crippen LogP contribution in [0.5, 0.6) is 0 Å². The number of halogens is 1. The minimum atomic E-state index is -0.871. The van der Waals surface area contributed by atoms with Gasteiger partial charge in [-0.3, -0.25) is 4.79 Å². The minimum Gasteiger partial charge on any atom is -0.385 e. The molecule has 0 bridgehead atoms. The van der Waals surface area contributed by atoms with E-state index in [1.165, 1.54) is 25.9 Å². The van der Waals surface area contributed by atoms with E-state index in [0.29, 0.717) is 48.5 Å². The van der Waals surface area contributed by atoms with Crippen LogP contribution in [0.3, 0.4) is 0 Å². The van der Waals surface area contributed by atoms with Crippen LogP contribution in [0.4, 0.5) is 17.3 Å². The molecule has 3 aliphatic rings. The first-order chi connectivity index (χ1) is 20.9. The lowest BCUT2D eigenvalue weighted by atomic mass is 9.84. The van der Waals surface area contributed by atoms with E-state index in [4.69, 9.17) is 16.6 Å². The fourth-order valence-electron chi connectivity index (χ4n) is 6.91. The van der Waals surface area contributed by atoms with Crippen LogP contribution in [-0.2, 0) is 5.60 Å². The second kappa shape index (κ2) is 11.8. The van der Waals surface area contributed by atoms with Crippen molar-refractivity contribution in [2.75, 3.05) is 49.5 Å². The summed E-state index contributed by atoms with van der Waals surface area (Å²) >= 11 is 6.05. The summed E-state index contributed by atoms with van der Waals surface area (Å²) in [5.74, 6) is 0.594. The van der Waals surface area contributed by atoms with Gasteiger partial charge >= 0.3 is 0 Å². The van der Waals surface area contributed by atoms with E-state index in [2.05, 4.69) is 26.3 Å². The SMILES string of the molecule is O=C(c1ccc(Nc2nc3c(N4CCC(O)(c5ccc(Cl)cc5)CC4)cccn3n2)cc1)N1CCC(N2CCCC2)CC1. The lowest BCUT2D eigenvalue weighted by molar-refractivity contribution is 0.0118. The van der Waals surface area contributed by atoms with E-state index < -0.39 is 5.60 Å².